The molecule has 0 spiro atoms. The summed E-state index contributed by atoms with van der Waals surface area (Å²) in [6.07, 6.45) is 1.51. The van der Waals surface area contributed by atoms with Crippen molar-refractivity contribution in [1.82, 2.24) is 4.90 Å². The number of nitrogens with zero attached hydrogens (tertiary/aromatic N) is 1. The molecule has 1 amide bonds. The minimum absolute atomic E-state index is 0.100. The summed E-state index contributed by atoms with van der Waals surface area (Å²) in [6.45, 7) is 0.935. The largest absolute Gasteiger partial charge is 0.399 e. The third-order valence-electron chi connectivity index (χ3n) is 2.76. The van der Waals surface area contributed by atoms with Crippen molar-refractivity contribution in [1.29, 1.82) is 0 Å². The van der Waals surface area contributed by atoms with Gasteiger partial charge in [-0.15, -0.1) is 0 Å². The fourth-order valence-electron chi connectivity index (χ4n) is 1.52. The number of sulfone groups is 1. The van der Waals surface area contributed by atoms with Crippen LogP contribution in [0.3, 0.4) is 0 Å². The van der Waals surface area contributed by atoms with Gasteiger partial charge in [0.2, 0.25) is 5.91 Å². The lowest BCUT2D eigenvalue weighted by Gasteiger charge is -2.15. The maximum absolute atomic E-state index is 11.7. The lowest BCUT2D eigenvalue weighted by atomic mass is 10.2. The molecule has 0 aliphatic carbocycles. The van der Waals surface area contributed by atoms with E-state index in [0.717, 1.165) is 0 Å². The van der Waals surface area contributed by atoms with Gasteiger partial charge < -0.3 is 16.0 Å². The second-order valence-electron chi connectivity index (χ2n) is 4.85. The molecule has 0 saturated heterocycles. The predicted octanol–water partition coefficient (Wildman–Crippen LogP) is 0.574. The zero-order chi connectivity index (χ0) is 15.2. The molecule has 1 aromatic rings. The molecule has 0 aliphatic heterocycles. The van der Waals surface area contributed by atoms with Gasteiger partial charge in [-0.05, 0) is 31.3 Å². The Labute approximate surface area is 119 Å². The fraction of sp³-hybridized carbons (Fsp3) is 0.462. The lowest BCUT2D eigenvalue weighted by molar-refractivity contribution is -0.116. The first-order valence-corrected chi connectivity index (χ1v) is 8.34. The molecule has 0 aromatic heterocycles. The molecular formula is C13H21N3O3S. The van der Waals surface area contributed by atoms with Crippen LogP contribution in [0.2, 0.25) is 0 Å². The Morgan fingerprint density at radius 1 is 1.25 bits per heavy atom. The van der Waals surface area contributed by atoms with Crippen LogP contribution in [0.1, 0.15) is 6.42 Å². The van der Waals surface area contributed by atoms with Crippen molar-refractivity contribution in [3.05, 3.63) is 24.3 Å². The van der Waals surface area contributed by atoms with Gasteiger partial charge in [-0.2, -0.15) is 0 Å². The first-order valence-electron chi connectivity index (χ1n) is 6.28. The molecule has 0 radical (unpaired) electrons. The van der Waals surface area contributed by atoms with Crippen molar-refractivity contribution in [2.45, 2.75) is 6.42 Å². The van der Waals surface area contributed by atoms with Gasteiger partial charge in [0.15, 0.2) is 0 Å². The summed E-state index contributed by atoms with van der Waals surface area (Å²) in [4.78, 5) is 13.5. The molecule has 0 heterocycles. The number of nitrogens with one attached hydrogen (secondary N) is 1. The molecule has 1 aromatic carbocycles. The SMILES string of the molecule is CN(CCC(=O)Nc1ccc(N)cc1)CCS(C)(=O)=O. The minimum Gasteiger partial charge on any atom is -0.399 e. The molecule has 112 valence electrons. The Hall–Kier alpha value is -1.60. The molecule has 0 fully saturated rings. The summed E-state index contributed by atoms with van der Waals surface area (Å²) < 4.78 is 22.1. The Bertz CT molecular complexity index is 540. The molecule has 0 unspecified atom stereocenters. The minimum atomic E-state index is -2.96. The van der Waals surface area contributed by atoms with Gasteiger partial charge >= 0.3 is 0 Å². The number of carbonyl (C=O) groups excluding carboxylic acids is 1. The van der Waals surface area contributed by atoms with Crippen LogP contribution in [0.25, 0.3) is 0 Å². The molecule has 6 nitrogen and oxygen atoms in total. The second-order valence-corrected chi connectivity index (χ2v) is 7.11. The van der Waals surface area contributed by atoms with E-state index in [-0.39, 0.29) is 11.7 Å². The van der Waals surface area contributed by atoms with Crippen molar-refractivity contribution in [3.8, 4) is 0 Å². The smallest absolute Gasteiger partial charge is 0.225 e. The second kappa shape index (κ2) is 7.25. The number of nitrogen functional groups attached to an aromatic ring is 1. The third kappa shape index (κ3) is 7.10. The number of hydrogen-bond donors (Lipinski definition) is 2. The van der Waals surface area contributed by atoms with E-state index in [9.17, 15) is 13.2 Å². The predicted molar refractivity (Wildman–Crippen MR) is 81.3 cm³/mol. The highest BCUT2D eigenvalue weighted by Gasteiger charge is 2.08. The van der Waals surface area contributed by atoms with Gasteiger partial charge in [0, 0.05) is 37.1 Å². The van der Waals surface area contributed by atoms with Crippen molar-refractivity contribution >= 4 is 27.1 Å². The van der Waals surface area contributed by atoms with Crippen molar-refractivity contribution in [2.24, 2.45) is 0 Å². The van der Waals surface area contributed by atoms with E-state index in [1.54, 1.807) is 31.3 Å². The number of carbonyl (C=O) groups is 1. The van der Waals surface area contributed by atoms with E-state index >= 15 is 0 Å². The Balaban J connectivity index is 2.31. The van der Waals surface area contributed by atoms with E-state index < -0.39 is 9.84 Å². The van der Waals surface area contributed by atoms with Crippen LogP contribution in [-0.4, -0.2) is 51.4 Å². The molecule has 0 atom stereocenters. The first-order chi connectivity index (χ1) is 9.26. The van der Waals surface area contributed by atoms with Gasteiger partial charge in [0.1, 0.15) is 9.84 Å². The molecular weight excluding hydrogens is 278 g/mol. The molecule has 1 rings (SSSR count). The van der Waals surface area contributed by atoms with Gasteiger partial charge in [0.25, 0.3) is 0 Å². The third-order valence-corrected chi connectivity index (χ3v) is 3.68. The summed E-state index contributed by atoms with van der Waals surface area (Å²) in [7, 11) is -1.17. The number of rotatable bonds is 7. The van der Waals surface area contributed by atoms with E-state index in [4.69, 9.17) is 5.73 Å². The highest BCUT2D eigenvalue weighted by molar-refractivity contribution is 7.90. The normalized spacial score (nSPS) is 11.6. The summed E-state index contributed by atoms with van der Waals surface area (Å²) in [5.74, 6) is -0.00993. The first kappa shape index (κ1) is 16.5. The van der Waals surface area contributed by atoms with Gasteiger partial charge in [-0.25, -0.2) is 8.42 Å². The van der Waals surface area contributed by atoms with Crippen LogP contribution in [0.4, 0.5) is 11.4 Å². The summed E-state index contributed by atoms with van der Waals surface area (Å²) in [5.41, 5.74) is 6.90. The number of amides is 1. The van der Waals surface area contributed by atoms with Gasteiger partial charge in [0.05, 0.1) is 5.75 Å². The van der Waals surface area contributed by atoms with Crippen LogP contribution < -0.4 is 11.1 Å². The number of benzene rings is 1. The van der Waals surface area contributed by atoms with E-state index in [0.29, 0.717) is 30.9 Å². The zero-order valence-electron chi connectivity index (χ0n) is 11.8. The Kier molecular flexibility index (Phi) is 5.97. The highest BCUT2D eigenvalue weighted by Crippen LogP contribution is 2.10. The van der Waals surface area contributed by atoms with E-state index in [2.05, 4.69) is 5.32 Å². The van der Waals surface area contributed by atoms with Crippen LogP contribution in [0.15, 0.2) is 24.3 Å². The van der Waals surface area contributed by atoms with E-state index in [1.807, 2.05) is 4.90 Å². The molecule has 0 saturated carbocycles. The standard InChI is InChI=1S/C13H21N3O3S/c1-16(9-10-20(2,18)19)8-7-13(17)15-12-5-3-11(14)4-6-12/h3-6H,7-10,14H2,1-2H3,(H,15,17). The van der Waals surface area contributed by atoms with Gasteiger partial charge in [-0.1, -0.05) is 0 Å². The maximum atomic E-state index is 11.7. The molecule has 3 N–H and O–H groups in total. The molecule has 0 bridgehead atoms. The fourth-order valence-corrected chi connectivity index (χ4v) is 2.16. The maximum Gasteiger partial charge on any atom is 0.225 e. The highest BCUT2D eigenvalue weighted by atomic mass is 32.2. The molecule has 7 heteroatoms. The van der Waals surface area contributed by atoms with E-state index in [1.165, 1.54) is 6.26 Å². The van der Waals surface area contributed by atoms with Crippen LogP contribution in [0, 0.1) is 0 Å². The van der Waals surface area contributed by atoms with Gasteiger partial charge in [-0.3, -0.25) is 4.79 Å². The zero-order valence-corrected chi connectivity index (χ0v) is 12.6. The van der Waals surface area contributed by atoms with Crippen molar-refractivity contribution in [3.63, 3.8) is 0 Å². The molecule has 20 heavy (non-hydrogen) atoms. The Morgan fingerprint density at radius 2 is 1.85 bits per heavy atom. The quantitative estimate of drug-likeness (QED) is 0.718. The molecule has 0 aliphatic rings. The number of nitrogens with two attached hydrogens (primary N) is 1. The topological polar surface area (TPSA) is 92.5 Å². The monoisotopic (exact) mass is 299 g/mol. The van der Waals surface area contributed by atoms with Crippen molar-refractivity contribution < 1.29 is 13.2 Å². The lowest BCUT2D eigenvalue weighted by Crippen LogP contribution is -2.28. The summed E-state index contributed by atoms with van der Waals surface area (Å²) >= 11 is 0. The Morgan fingerprint density at radius 3 is 2.40 bits per heavy atom. The summed E-state index contributed by atoms with van der Waals surface area (Å²) in [5, 5.41) is 2.76. The van der Waals surface area contributed by atoms with Crippen LogP contribution >= 0.6 is 0 Å². The number of anilines is 2. The average Bonchev–Trinajstić information content (AvgIpc) is 2.36. The van der Waals surface area contributed by atoms with Crippen molar-refractivity contribution in [2.75, 3.05) is 43.2 Å². The van der Waals surface area contributed by atoms with Crippen LogP contribution in [-0.2, 0) is 14.6 Å². The van der Waals surface area contributed by atoms with Crippen LogP contribution in [0.5, 0.6) is 0 Å². The average molecular weight is 299 g/mol. The summed E-state index contributed by atoms with van der Waals surface area (Å²) in [6, 6.07) is 6.91. The number of hydrogen-bond acceptors (Lipinski definition) is 5.